The molecule has 1 aromatic heterocycles. The Bertz CT molecular complexity index is 483. The van der Waals surface area contributed by atoms with E-state index in [0.29, 0.717) is 19.0 Å². The molecule has 4 nitrogen and oxygen atoms in total. The lowest BCUT2D eigenvalue weighted by molar-refractivity contribution is -0.138. The molecule has 1 heterocycles. The fourth-order valence-corrected chi connectivity index (χ4v) is 3.52. The van der Waals surface area contributed by atoms with Gasteiger partial charge in [0.15, 0.2) is 0 Å². The highest BCUT2D eigenvalue weighted by molar-refractivity contribution is 7.10. The monoisotopic (exact) mass is 281 g/mol. The van der Waals surface area contributed by atoms with Crippen molar-refractivity contribution in [3.05, 3.63) is 21.9 Å². The van der Waals surface area contributed by atoms with E-state index in [2.05, 4.69) is 18.4 Å². The third kappa shape index (κ3) is 3.15. The maximum Gasteiger partial charge on any atom is 0.305 e. The fourth-order valence-electron chi connectivity index (χ4n) is 2.41. The van der Waals surface area contributed by atoms with Crippen LogP contribution in [-0.2, 0) is 9.59 Å². The molecule has 0 aromatic carbocycles. The van der Waals surface area contributed by atoms with Crippen LogP contribution in [0.25, 0.3) is 0 Å². The van der Waals surface area contributed by atoms with Crippen molar-refractivity contribution < 1.29 is 14.7 Å². The van der Waals surface area contributed by atoms with Crippen LogP contribution in [0.1, 0.15) is 36.1 Å². The quantitative estimate of drug-likeness (QED) is 0.871. The number of carboxylic acid groups (broad SMARTS) is 1. The Balaban J connectivity index is 1.94. The van der Waals surface area contributed by atoms with Crippen LogP contribution >= 0.6 is 11.3 Å². The maximum atomic E-state index is 12.3. The molecule has 0 unspecified atom stereocenters. The number of nitrogens with zero attached hydrogens (tertiary/aromatic N) is 1. The van der Waals surface area contributed by atoms with Gasteiger partial charge in [-0.25, -0.2) is 0 Å². The van der Waals surface area contributed by atoms with Crippen LogP contribution in [0.15, 0.2) is 11.4 Å². The van der Waals surface area contributed by atoms with Gasteiger partial charge in [-0.3, -0.25) is 9.59 Å². The molecule has 104 valence electrons. The molecule has 0 spiro atoms. The third-order valence-corrected chi connectivity index (χ3v) is 4.79. The first-order valence-electron chi connectivity index (χ1n) is 6.59. The first-order valence-corrected chi connectivity index (χ1v) is 7.47. The number of hydrogen-bond donors (Lipinski definition) is 1. The summed E-state index contributed by atoms with van der Waals surface area (Å²) in [6, 6.07) is 2.09. The van der Waals surface area contributed by atoms with Crippen LogP contribution < -0.4 is 0 Å². The van der Waals surface area contributed by atoms with E-state index in [9.17, 15) is 9.59 Å². The van der Waals surface area contributed by atoms with Crippen molar-refractivity contribution in [2.45, 2.75) is 32.6 Å². The van der Waals surface area contributed by atoms with Gasteiger partial charge in [-0.1, -0.05) is 0 Å². The molecule has 0 aliphatic heterocycles. The zero-order valence-corrected chi connectivity index (χ0v) is 12.1. The Labute approximate surface area is 117 Å². The zero-order chi connectivity index (χ0) is 14.0. The first-order chi connectivity index (χ1) is 9.04. The highest BCUT2D eigenvalue weighted by Crippen LogP contribution is 2.51. The molecule has 1 saturated carbocycles. The largest absolute Gasteiger partial charge is 0.481 e. The Hall–Kier alpha value is -1.36. The van der Waals surface area contributed by atoms with Gasteiger partial charge >= 0.3 is 5.97 Å². The molecule has 1 fully saturated rings. The molecule has 1 amide bonds. The van der Waals surface area contributed by atoms with Gasteiger partial charge in [-0.05, 0) is 37.3 Å². The van der Waals surface area contributed by atoms with E-state index < -0.39 is 5.97 Å². The Morgan fingerprint density at radius 1 is 1.53 bits per heavy atom. The predicted molar refractivity (Wildman–Crippen MR) is 74.4 cm³/mol. The van der Waals surface area contributed by atoms with E-state index in [4.69, 9.17) is 5.11 Å². The number of thiophene rings is 1. The summed E-state index contributed by atoms with van der Waals surface area (Å²) >= 11 is 1.71. The van der Waals surface area contributed by atoms with Crippen molar-refractivity contribution in [1.82, 2.24) is 4.90 Å². The molecule has 0 saturated heterocycles. The number of aryl methyl sites for hydroxylation is 1. The van der Waals surface area contributed by atoms with Crippen molar-refractivity contribution in [2.75, 3.05) is 13.1 Å². The predicted octanol–water partition coefficient (Wildman–Crippen LogP) is 2.48. The highest BCUT2D eigenvalue weighted by Gasteiger charge is 2.46. The molecule has 2 rings (SSSR count). The van der Waals surface area contributed by atoms with E-state index in [1.165, 1.54) is 10.4 Å². The molecule has 5 heteroatoms. The minimum absolute atomic E-state index is 0.0228. The number of carbonyl (C=O) groups excluding carboxylic acids is 1. The normalized spacial score (nSPS) is 21.2. The van der Waals surface area contributed by atoms with Gasteiger partial charge in [-0.15, -0.1) is 11.3 Å². The lowest BCUT2D eigenvalue weighted by atomic mass is 10.2. The Kier molecular flexibility index (Phi) is 4.24. The SMILES string of the molecule is CCN(CCC(=O)O)C(=O)[C@H]1C[C@H]1c1sccc1C. The minimum Gasteiger partial charge on any atom is -0.481 e. The van der Waals surface area contributed by atoms with Gasteiger partial charge in [0.25, 0.3) is 0 Å². The van der Waals surface area contributed by atoms with Gasteiger partial charge in [0.05, 0.1) is 6.42 Å². The van der Waals surface area contributed by atoms with E-state index in [1.54, 1.807) is 16.2 Å². The van der Waals surface area contributed by atoms with Crippen molar-refractivity contribution in [3.63, 3.8) is 0 Å². The number of amides is 1. The number of aliphatic carboxylic acids is 1. The van der Waals surface area contributed by atoms with E-state index >= 15 is 0 Å². The second-order valence-corrected chi connectivity index (χ2v) is 5.93. The molecule has 1 aromatic rings. The second kappa shape index (κ2) is 5.74. The van der Waals surface area contributed by atoms with Crippen LogP contribution in [0.5, 0.6) is 0 Å². The van der Waals surface area contributed by atoms with E-state index in [1.807, 2.05) is 6.92 Å². The Morgan fingerprint density at radius 2 is 2.26 bits per heavy atom. The van der Waals surface area contributed by atoms with Crippen LogP contribution in [-0.4, -0.2) is 35.0 Å². The van der Waals surface area contributed by atoms with Crippen LogP contribution in [0.4, 0.5) is 0 Å². The summed E-state index contributed by atoms with van der Waals surface area (Å²) in [5.74, 6) is -0.327. The minimum atomic E-state index is -0.854. The molecule has 0 radical (unpaired) electrons. The van der Waals surface area contributed by atoms with Crippen molar-refractivity contribution in [2.24, 2.45) is 5.92 Å². The summed E-state index contributed by atoms with van der Waals surface area (Å²) < 4.78 is 0. The molecule has 1 N–H and O–H groups in total. The summed E-state index contributed by atoms with van der Waals surface area (Å²) in [7, 11) is 0. The van der Waals surface area contributed by atoms with Crippen LogP contribution in [0, 0.1) is 12.8 Å². The maximum absolute atomic E-state index is 12.3. The van der Waals surface area contributed by atoms with Crippen molar-refractivity contribution >= 4 is 23.2 Å². The highest BCUT2D eigenvalue weighted by atomic mass is 32.1. The van der Waals surface area contributed by atoms with Crippen LogP contribution in [0.2, 0.25) is 0 Å². The van der Waals surface area contributed by atoms with Gasteiger partial charge in [-0.2, -0.15) is 0 Å². The first kappa shape index (κ1) is 14.1. The van der Waals surface area contributed by atoms with Gasteiger partial charge < -0.3 is 10.0 Å². The molecule has 2 atom stereocenters. The van der Waals surface area contributed by atoms with E-state index in [-0.39, 0.29) is 18.2 Å². The molecular formula is C14H19NO3S. The summed E-state index contributed by atoms with van der Waals surface area (Å²) in [4.78, 5) is 25.9. The standard InChI is InChI=1S/C14H19NO3S/c1-3-15(6-4-12(16)17)14(18)11-8-10(11)13-9(2)5-7-19-13/h5,7,10-11H,3-4,6,8H2,1-2H3,(H,16,17)/t10-,11+/m1/s1. The van der Waals surface area contributed by atoms with Gasteiger partial charge in [0.1, 0.15) is 0 Å². The van der Waals surface area contributed by atoms with Crippen molar-refractivity contribution in [3.8, 4) is 0 Å². The van der Waals surface area contributed by atoms with E-state index in [0.717, 1.165) is 6.42 Å². The number of rotatable bonds is 6. The third-order valence-electron chi connectivity index (χ3n) is 3.64. The molecule has 0 bridgehead atoms. The summed E-state index contributed by atoms with van der Waals surface area (Å²) in [5.41, 5.74) is 1.26. The fraction of sp³-hybridized carbons (Fsp3) is 0.571. The summed E-state index contributed by atoms with van der Waals surface area (Å²) in [5, 5.41) is 10.8. The lowest BCUT2D eigenvalue weighted by Crippen LogP contribution is -2.34. The Morgan fingerprint density at radius 3 is 2.79 bits per heavy atom. The average Bonchev–Trinajstić information content (AvgIpc) is 3.05. The van der Waals surface area contributed by atoms with Crippen LogP contribution in [0.3, 0.4) is 0 Å². The second-order valence-electron chi connectivity index (χ2n) is 4.98. The summed E-state index contributed by atoms with van der Waals surface area (Å²) in [6.45, 7) is 4.87. The number of hydrogen-bond acceptors (Lipinski definition) is 3. The summed E-state index contributed by atoms with van der Waals surface area (Å²) in [6.07, 6.45) is 0.929. The number of carboxylic acids is 1. The molecule has 19 heavy (non-hydrogen) atoms. The molecule has 1 aliphatic rings. The average molecular weight is 281 g/mol. The lowest BCUT2D eigenvalue weighted by Gasteiger charge is -2.20. The number of carbonyl (C=O) groups is 2. The van der Waals surface area contributed by atoms with Crippen molar-refractivity contribution in [1.29, 1.82) is 0 Å². The topological polar surface area (TPSA) is 57.6 Å². The van der Waals surface area contributed by atoms with Gasteiger partial charge in [0.2, 0.25) is 5.91 Å². The smallest absolute Gasteiger partial charge is 0.305 e. The zero-order valence-electron chi connectivity index (χ0n) is 11.3. The van der Waals surface area contributed by atoms with Gasteiger partial charge in [0, 0.05) is 29.8 Å². The molecule has 1 aliphatic carbocycles. The molecular weight excluding hydrogens is 262 g/mol.